The van der Waals surface area contributed by atoms with Crippen LogP contribution in [0, 0.1) is 11.6 Å². The molecule has 0 aliphatic heterocycles. The van der Waals surface area contributed by atoms with E-state index < -0.39 is 0 Å². The summed E-state index contributed by atoms with van der Waals surface area (Å²) in [5.74, 6) is -0.203. The fourth-order valence-electron chi connectivity index (χ4n) is 2.29. The van der Waals surface area contributed by atoms with Gasteiger partial charge in [0, 0.05) is 0 Å². The molecule has 0 fully saturated rings. The van der Waals surface area contributed by atoms with Gasteiger partial charge >= 0.3 is 0 Å². The highest BCUT2D eigenvalue weighted by Gasteiger charge is 2.09. The van der Waals surface area contributed by atoms with Gasteiger partial charge in [0.05, 0.1) is 0 Å². The number of halogens is 2. The van der Waals surface area contributed by atoms with Crippen LogP contribution in [-0.2, 0) is 12.8 Å². The van der Waals surface area contributed by atoms with Crippen molar-refractivity contribution in [3.63, 3.8) is 0 Å². The highest BCUT2D eigenvalue weighted by atomic mass is 19.1. The summed E-state index contributed by atoms with van der Waals surface area (Å²) in [4.78, 5) is 0. The fraction of sp³-hybridized carbons (Fsp3) is 0.294. The van der Waals surface area contributed by atoms with Crippen molar-refractivity contribution in [3.05, 3.63) is 70.8 Å². The Morgan fingerprint density at radius 2 is 1.84 bits per heavy atom. The van der Waals surface area contributed by atoms with Crippen molar-refractivity contribution in [3.8, 4) is 0 Å². The molecule has 0 spiro atoms. The maximum Gasteiger partial charge on any atom is 0.126 e. The largest absolute Gasteiger partial charge is 0.207 e. The molecule has 0 bridgehead atoms. The van der Waals surface area contributed by atoms with Crippen LogP contribution in [0.25, 0.3) is 0 Å². The number of hydrogen-bond donors (Lipinski definition) is 0. The molecule has 2 heteroatoms. The first-order chi connectivity index (χ1) is 9.10. The number of aryl methyl sites for hydroxylation is 1. The first-order valence-corrected chi connectivity index (χ1v) is 6.63. The van der Waals surface area contributed by atoms with Crippen molar-refractivity contribution in [2.24, 2.45) is 0 Å². The number of rotatable bonds is 4. The van der Waals surface area contributed by atoms with Gasteiger partial charge < -0.3 is 0 Å². The lowest BCUT2D eigenvalue weighted by molar-refractivity contribution is 0.606. The standard InChI is InChI=1S/C17H18F2/c1-3-14-8-7-13(10-17(14)19)9-12(2)15-5-4-6-16(18)11-15/h4-8,10-12H,3,9H2,1-2H3. The molecule has 0 radical (unpaired) electrons. The van der Waals surface area contributed by atoms with Crippen LogP contribution in [0.3, 0.4) is 0 Å². The first kappa shape index (κ1) is 13.7. The van der Waals surface area contributed by atoms with Crippen molar-refractivity contribution in [2.75, 3.05) is 0 Å². The Balaban J connectivity index is 2.14. The molecule has 19 heavy (non-hydrogen) atoms. The quantitative estimate of drug-likeness (QED) is 0.735. The van der Waals surface area contributed by atoms with Gasteiger partial charge in [0.2, 0.25) is 0 Å². The van der Waals surface area contributed by atoms with Crippen molar-refractivity contribution < 1.29 is 8.78 Å². The lowest BCUT2D eigenvalue weighted by Crippen LogP contribution is -2.00. The zero-order valence-corrected chi connectivity index (χ0v) is 11.3. The zero-order chi connectivity index (χ0) is 13.8. The third kappa shape index (κ3) is 3.40. The summed E-state index contributed by atoms with van der Waals surface area (Å²) in [6, 6.07) is 12.0. The van der Waals surface area contributed by atoms with Gasteiger partial charge in [-0.1, -0.05) is 38.1 Å². The Hall–Kier alpha value is -1.70. The minimum atomic E-state index is -0.225. The van der Waals surface area contributed by atoms with Crippen molar-refractivity contribution in [2.45, 2.75) is 32.6 Å². The zero-order valence-electron chi connectivity index (χ0n) is 11.3. The molecule has 0 aliphatic carbocycles. The van der Waals surface area contributed by atoms with E-state index >= 15 is 0 Å². The molecule has 0 aliphatic rings. The van der Waals surface area contributed by atoms with Crippen LogP contribution < -0.4 is 0 Å². The van der Waals surface area contributed by atoms with E-state index in [-0.39, 0.29) is 17.6 Å². The van der Waals surface area contributed by atoms with Crippen LogP contribution in [0.2, 0.25) is 0 Å². The molecular weight excluding hydrogens is 242 g/mol. The van der Waals surface area contributed by atoms with Crippen LogP contribution in [0.1, 0.15) is 36.5 Å². The maximum atomic E-state index is 13.7. The summed E-state index contributed by atoms with van der Waals surface area (Å²) >= 11 is 0. The van der Waals surface area contributed by atoms with E-state index in [1.165, 1.54) is 6.07 Å². The first-order valence-electron chi connectivity index (χ1n) is 6.63. The highest BCUT2D eigenvalue weighted by Crippen LogP contribution is 2.22. The maximum absolute atomic E-state index is 13.7. The second-order valence-electron chi connectivity index (χ2n) is 4.94. The molecule has 0 saturated heterocycles. The van der Waals surface area contributed by atoms with E-state index in [2.05, 4.69) is 0 Å². The summed E-state index contributed by atoms with van der Waals surface area (Å²) in [6.45, 7) is 3.97. The molecular formula is C17H18F2. The molecule has 0 aromatic heterocycles. The van der Waals surface area contributed by atoms with Crippen LogP contribution >= 0.6 is 0 Å². The van der Waals surface area contributed by atoms with Gasteiger partial charge in [-0.2, -0.15) is 0 Å². The van der Waals surface area contributed by atoms with Crippen LogP contribution in [-0.4, -0.2) is 0 Å². The van der Waals surface area contributed by atoms with E-state index in [9.17, 15) is 8.78 Å². The summed E-state index contributed by atoms with van der Waals surface area (Å²) in [5.41, 5.74) is 2.63. The molecule has 100 valence electrons. The molecule has 0 saturated carbocycles. The Labute approximate surface area is 113 Å². The lowest BCUT2D eigenvalue weighted by atomic mass is 9.93. The Bertz CT molecular complexity index is 561. The Morgan fingerprint density at radius 3 is 2.47 bits per heavy atom. The smallest absolute Gasteiger partial charge is 0.126 e. The van der Waals surface area contributed by atoms with Crippen LogP contribution in [0.4, 0.5) is 8.78 Å². The van der Waals surface area contributed by atoms with Gasteiger partial charge in [-0.15, -0.1) is 0 Å². The average molecular weight is 260 g/mol. The molecule has 2 rings (SSSR count). The van der Waals surface area contributed by atoms with Crippen molar-refractivity contribution >= 4 is 0 Å². The summed E-state index contributed by atoms with van der Waals surface area (Å²) in [7, 11) is 0. The average Bonchev–Trinajstić information content (AvgIpc) is 2.39. The SMILES string of the molecule is CCc1ccc(CC(C)c2cccc(F)c2)cc1F. The molecule has 1 unspecified atom stereocenters. The van der Waals surface area contributed by atoms with Gasteiger partial charge in [0.25, 0.3) is 0 Å². The van der Waals surface area contributed by atoms with Crippen LogP contribution in [0.5, 0.6) is 0 Å². The summed E-state index contributed by atoms with van der Waals surface area (Å²) < 4.78 is 26.9. The van der Waals surface area contributed by atoms with E-state index in [4.69, 9.17) is 0 Å². The monoisotopic (exact) mass is 260 g/mol. The lowest BCUT2D eigenvalue weighted by Gasteiger charge is -2.13. The van der Waals surface area contributed by atoms with E-state index in [1.807, 2.05) is 32.0 Å². The third-order valence-electron chi connectivity index (χ3n) is 3.46. The number of benzene rings is 2. The summed E-state index contributed by atoms with van der Waals surface area (Å²) in [6.07, 6.45) is 1.41. The van der Waals surface area contributed by atoms with E-state index in [0.29, 0.717) is 12.8 Å². The molecule has 2 aromatic rings. The Morgan fingerprint density at radius 1 is 1.05 bits per heavy atom. The van der Waals surface area contributed by atoms with Crippen molar-refractivity contribution in [1.29, 1.82) is 0 Å². The van der Waals surface area contributed by atoms with Gasteiger partial charge in [-0.05, 0) is 53.6 Å². The molecule has 2 aromatic carbocycles. The van der Waals surface area contributed by atoms with Gasteiger partial charge in [-0.3, -0.25) is 0 Å². The van der Waals surface area contributed by atoms with Gasteiger partial charge in [-0.25, -0.2) is 8.78 Å². The predicted octanol–water partition coefficient (Wildman–Crippen LogP) is 4.87. The van der Waals surface area contributed by atoms with E-state index in [0.717, 1.165) is 16.7 Å². The van der Waals surface area contributed by atoms with Gasteiger partial charge in [0.1, 0.15) is 11.6 Å². The second-order valence-corrected chi connectivity index (χ2v) is 4.94. The van der Waals surface area contributed by atoms with Gasteiger partial charge in [0.15, 0.2) is 0 Å². The normalized spacial score (nSPS) is 12.4. The predicted molar refractivity (Wildman–Crippen MR) is 74.3 cm³/mol. The number of hydrogen-bond acceptors (Lipinski definition) is 0. The molecule has 0 heterocycles. The molecule has 0 amide bonds. The third-order valence-corrected chi connectivity index (χ3v) is 3.46. The topological polar surface area (TPSA) is 0 Å². The fourth-order valence-corrected chi connectivity index (χ4v) is 2.29. The van der Waals surface area contributed by atoms with Crippen molar-refractivity contribution in [1.82, 2.24) is 0 Å². The molecule has 0 N–H and O–H groups in total. The minimum absolute atomic E-state index is 0.147. The van der Waals surface area contributed by atoms with E-state index in [1.54, 1.807) is 18.2 Å². The van der Waals surface area contributed by atoms with Crippen LogP contribution in [0.15, 0.2) is 42.5 Å². The second kappa shape index (κ2) is 5.96. The summed E-state index contributed by atoms with van der Waals surface area (Å²) in [5, 5.41) is 0. The molecule has 1 atom stereocenters. The Kier molecular flexibility index (Phi) is 4.31. The molecule has 0 nitrogen and oxygen atoms in total. The highest BCUT2D eigenvalue weighted by molar-refractivity contribution is 5.28. The minimum Gasteiger partial charge on any atom is -0.207 e.